The van der Waals surface area contributed by atoms with E-state index < -0.39 is 11.6 Å². The van der Waals surface area contributed by atoms with Crippen molar-refractivity contribution in [1.82, 2.24) is 34.8 Å². The quantitative estimate of drug-likeness (QED) is 0.647. The van der Waals surface area contributed by atoms with E-state index in [-0.39, 0.29) is 5.91 Å². The van der Waals surface area contributed by atoms with E-state index in [0.717, 1.165) is 35.5 Å². The molecule has 27 heavy (non-hydrogen) atoms. The van der Waals surface area contributed by atoms with Crippen LogP contribution in [0.15, 0.2) is 37.1 Å². The SMILES string of the molecule is Cn1cc(-c2ccc(C3(NC(=O)C(N)Cc4cncn4C)CC3)nn2)cn1. The number of imidazole rings is 1. The summed E-state index contributed by atoms with van der Waals surface area (Å²) in [5, 5.41) is 15.8. The molecule has 1 unspecified atom stereocenters. The number of amides is 1. The molecule has 3 N–H and O–H groups in total. The van der Waals surface area contributed by atoms with Gasteiger partial charge in [-0.15, -0.1) is 0 Å². The first-order chi connectivity index (χ1) is 13.0. The molecule has 1 aliphatic rings. The highest BCUT2D eigenvalue weighted by Crippen LogP contribution is 2.44. The molecule has 0 saturated heterocycles. The van der Waals surface area contributed by atoms with Crippen LogP contribution in [0, 0.1) is 0 Å². The van der Waals surface area contributed by atoms with Gasteiger partial charge in [0, 0.05) is 44.2 Å². The summed E-state index contributed by atoms with van der Waals surface area (Å²) in [7, 11) is 3.74. The molecule has 140 valence electrons. The predicted octanol–water partition coefficient (Wildman–Crippen LogP) is 0.286. The Morgan fingerprint density at radius 1 is 1.30 bits per heavy atom. The molecular weight excluding hydrogens is 344 g/mol. The van der Waals surface area contributed by atoms with Gasteiger partial charge in [0.1, 0.15) is 0 Å². The zero-order valence-electron chi connectivity index (χ0n) is 15.3. The molecule has 1 aliphatic carbocycles. The maximum absolute atomic E-state index is 12.6. The minimum Gasteiger partial charge on any atom is -0.344 e. The van der Waals surface area contributed by atoms with Gasteiger partial charge < -0.3 is 15.6 Å². The van der Waals surface area contributed by atoms with Crippen molar-refractivity contribution in [1.29, 1.82) is 0 Å². The standard InChI is InChI=1S/C18H22N8O/c1-25-11-20-9-13(25)7-14(19)17(27)22-18(5-6-18)16-4-3-15(23-24-16)12-8-21-26(2)10-12/h3-4,8-11,14H,5-7,19H2,1-2H3,(H,22,27). The van der Waals surface area contributed by atoms with Gasteiger partial charge in [0.25, 0.3) is 0 Å². The average molecular weight is 366 g/mol. The molecule has 0 aliphatic heterocycles. The zero-order chi connectivity index (χ0) is 19.0. The second-order valence-corrected chi connectivity index (χ2v) is 7.08. The Morgan fingerprint density at radius 2 is 2.11 bits per heavy atom. The predicted molar refractivity (Wildman–Crippen MR) is 98.2 cm³/mol. The molecule has 0 aromatic carbocycles. The van der Waals surface area contributed by atoms with E-state index in [1.54, 1.807) is 23.4 Å². The van der Waals surface area contributed by atoms with E-state index in [2.05, 4.69) is 25.6 Å². The summed E-state index contributed by atoms with van der Waals surface area (Å²) in [4.78, 5) is 16.6. The van der Waals surface area contributed by atoms with Gasteiger partial charge in [-0.05, 0) is 25.0 Å². The molecular formula is C18H22N8O. The molecule has 3 aromatic rings. The van der Waals surface area contributed by atoms with Crippen molar-refractivity contribution in [3.63, 3.8) is 0 Å². The first kappa shape index (κ1) is 17.3. The summed E-state index contributed by atoms with van der Waals surface area (Å²) in [5.41, 5.74) is 8.98. The highest BCUT2D eigenvalue weighted by atomic mass is 16.2. The van der Waals surface area contributed by atoms with Crippen LogP contribution in [0.4, 0.5) is 0 Å². The van der Waals surface area contributed by atoms with Crippen LogP contribution in [-0.2, 0) is 30.8 Å². The first-order valence-electron chi connectivity index (χ1n) is 8.83. The van der Waals surface area contributed by atoms with Crippen molar-refractivity contribution >= 4 is 5.91 Å². The van der Waals surface area contributed by atoms with Crippen molar-refractivity contribution in [2.75, 3.05) is 0 Å². The summed E-state index contributed by atoms with van der Waals surface area (Å²) in [6.45, 7) is 0. The van der Waals surface area contributed by atoms with Gasteiger partial charge in [0.05, 0.1) is 35.5 Å². The Hall–Kier alpha value is -3.07. The van der Waals surface area contributed by atoms with Crippen LogP contribution in [0.2, 0.25) is 0 Å². The van der Waals surface area contributed by atoms with E-state index in [0.29, 0.717) is 6.42 Å². The fourth-order valence-corrected chi connectivity index (χ4v) is 3.09. The number of nitrogens with one attached hydrogen (secondary N) is 1. The van der Waals surface area contributed by atoms with Crippen LogP contribution in [0.3, 0.4) is 0 Å². The number of hydrogen-bond acceptors (Lipinski definition) is 6. The summed E-state index contributed by atoms with van der Waals surface area (Å²) in [6, 6.07) is 3.18. The largest absolute Gasteiger partial charge is 0.344 e. The minimum absolute atomic E-state index is 0.188. The second-order valence-electron chi connectivity index (χ2n) is 7.08. The van der Waals surface area contributed by atoms with Gasteiger partial charge in [0.15, 0.2) is 0 Å². The number of rotatable bonds is 6. The van der Waals surface area contributed by atoms with Crippen molar-refractivity contribution in [2.45, 2.75) is 30.8 Å². The van der Waals surface area contributed by atoms with Crippen LogP contribution in [0.25, 0.3) is 11.3 Å². The van der Waals surface area contributed by atoms with Gasteiger partial charge in [-0.2, -0.15) is 15.3 Å². The highest BCUT2D eigenvalue weighted by molar-refractivity contribution is 5.83. The van der Waals surface area contributed by atoms with Gasteiger partial charge in [-0.1, -0.05) is 0 Å². The molecule has 0 bridgehead atoms. The van der Waals surface area contributed by atoms with E-state index >= 15 is 0 Å². The summed E-state index contributed by atoms with van der Waals surface area (Å²) in [6.07, 6.45) is 9.15. The normalized spacial score (nSPS) is 16.1. The third kappa shape index (κ3) is 3.45. The molecule has 1 atom stereocenters. The Morgan fingerprint density at radius 3 is 2.67 bits per heavy atom. The Kier molecular flexibility index (Phi) is 4.23. The lowest BCUT2D eigenvalue weighted by Gasteiger charge is -2.19. The van der Waals surface area contributed by atoms with Crippen molar-refractivity contribution < 1.29 is 4.79 Å². The maximum Gasteiger partial charge on any atom is 0.238 e. The van der Waals surface area contributed by atoms with Crippen molar-refractivity contribution in [3.05, 3.63) is 48.4 Å². The molecule has 0 spiro atoms. The number of aryl methyl sites for hydroxylation is 2. The number of nitrogens with zero attached hydrogens (tertiary/aromatic N) is 6. The second kappa shape index (κ2) is 6.58. The molecule has 1 amide bonds. The molecule has 4 rings (SSSR count). The third-order valence-corrected chi connectivity index (χ3v) is 4.95. The zero-order valence-corrected chi connectivity index (χ0v) is 15.3. The van der Waals surface area contributed by atoms with Gasteiger partial charge >= 0.3 is 0 Å². The van der Waals surface area contributed by atoms with Crippen LogP contribution in [-0.4, -0.2) is 41.5 Å². The molecule has 3 heterocycles. The Labute approximate surface area is 156 Å². The summed E-state index contributed by atoms with van der Waals surface area (Å²) < 4.78 is 3.58. The summed E-state index contributed by atoms with van der Waals surface area (Å²) in [5.74, 6) is -0.188. The Balaban J connectivity index is 1.44. The summed E-state index contributed by atoms with van der Waals surface area (Å²) >= 11 is 0. The lowest BCUT2D eigenvalue weighted by atomic mass is 10.1. The molecule has 1 saturated carbocycles. The van der Waals surface area contributed by atoms with Crippen LogP contribution >= 0.6 is 0 Å². The van der Waals surface area contributed by atoms with Crippen LogP contribution in [0.5, 0.6) is 0 Å². The smallest absolute Gasteiger partial charge is 0.238 e. The molecule has 9 heteroatoms. The van der Waals surface area contributed by atoms with E-state index in [4.69, 9.17) is 5.73 Å². The Bertz CT molecular complexity index is 954. The van der Waals surface area contributed by atoms with E-state index in [1.807, 2.05) is 37.0 Å². The number of nitrogens with two attached hydrogens (primary N) is 1. The lowest BCUT2D eigenvalue weighted by molar-refractivity contribution is -0.123. The first-order valence-corrected chi connectivity index (χ1v) is 8.83. The monoisotopic (exact) mass is 366 g/mol. The number of carbonyl (C=O) groups is 1. The van der Waals surface area contributed by atoms with Gasteiger partial charge in [0.2, 0.25) is 5.91 Å². The van der Waals surface area contributed by atoms with Crippen LogP contribution in [0.1, 0.15) is 24.2 Å². The van der Waals surface area contributed by atoms with Gasteiger partial charge in [-0.25, -0.2) is 4.98 Å². The molecule has 9 nitrogen and oxygen atoms in total. The third-order valence-electron chi connectivity index (χ3n) is 4.95. The van der Waals surface area contributed by atoms with Crippen molar-refractivity contribution in [3.8, 4) is 11.3 Å². The molecule has 0 radical (unpaired) electrons. The number of aromatic nitrogens is 6. The molecule has 1 fully saturated rings. The van der Waals surface area contributed by atoms with Gasteiger partial charge in [-0.3, -0.25) is 9.48 Å². The average Bonchev–Trinajstić information content (AvgIpc) is 3.13. The van der Waals surface area contributed by atoms with Crippen LogP contribution < -0.4 is 11.1 Å². The number of hydrogen-bond donors (Lipinski definition) is 2. The maximum atomic E-state index is 12.6. The number of carbonyl (C=O) groups excluding carboxylic acids is 1. The molecule has 3 aromatic heterocycles. The van der Waals surface area contributed by atoms with E-state index in [9.17, 15) is 4.79 Å². The fourth-order valence-electron chi connectivity index (χ4n) is 3.09. The van der Waals surface area contributed by atoms with E-state index in [1.165, 1.54) is 0 Å². The fraction of sp³-hybridized carbons (Fsp3) is 0.389. The minimum atomic E-state index is -0.638. The van der Waals surface area contributed by atoms with Crippen molar-refractivity contribution in [2.24, 2.45) is 19.8 Å². The highest BCUT2D eigenvalue weighted by Gasteiger charge is 2.48. The lowest BCUT2D eigenvalue weighted by Crippen LogP contribution is -2.47. The topological polar surface area (TPSA) is 117 Å².